The molecule has 1 fully saturated rings. The van der Waals surface area contributed by atoms with Crippen molar-refractivity contribution in [2.24, 2.45) is 5.73 Å². The molecule has 0 atom stereocenters. The van der Waals surface area contributed by atoms with Gasteiger partial charge in [0.05, 0.1) is 18.3 Å². The summed E-state index contributed by atoms with van der Waals surface area (Å²) in [5.74, 6) is 1.31. The average Bonchev–Trinajstić information content (AvgIpc) is 2.81. The first-order valence-electron chi connectivity index (χ1n) is 10.5. The van der Waals surface area contributed by atoms with Gasteiger partial charge in [-0.1, -0.05) is 31.4 Å². The molecule has 0 spiro atoms. The molecule has 160 valence electrons. The molecular formula is C24H27N5O2. The highest BCUT2D eigenvalue weighted by Crippen LogP contribution is 2.30. The molecular weight excluding hydrogens is 390 g/mol. The fourth-order valence-electron chi connectivity index (χ4n) is 3.88. The van der Waals surface area contributed by atoms with Crippen molar-refractivity contribution in [1.82, 2.24) is 9.97 Å². The van der Waals surface area contributed by atoms with Crippen LogP contribution >= 0.6 is 0 Å². The first-order valence-corrected chi connectivity index (χ1v) is 10.5. The minimum absolute atomic E-state index is 0.106. The van der Waals surface area contributed by atoms with E-state index in [1.165, 1.54) is 6.33 Å². The third-order valence-corrected chi connectivity index (χ3v) is 5.66. The maximum Gasteiger partial charge on any atom is 0.244 e. The van der Waals surface area contributed by atoms with Crippen LogP contribution in [0.25, 0.3) is 11.3 Å². The Hall–Kier alpha value is -3.45. The number of ether oxygens (including phenoxy) is 1. The van der Waals surface area contributed by atoms with E-state index in [-0.39, 0.29) is 5.91 Å². The quantitative estimate of drug-likeness (QED) is 0.546. The molecule has 1 heterocycles. The smallest absolute Gasteiger partial charge is 0.244 e. The number of aromatic nitrogens is 2. The van der Waals surface area contributed by atoms with Crippen molar-refractivity contribution in [3.05, 3.63) is 60.9 Å². The number of nitrogens with zero attached hydrogens (tertiary/aromatic N) is 2. The molecule has 7 nitrogen and oxygen atoms in total. The lowest BCUT2D eigenvalue weighted by atomic mass is 9.82. The second-order valence-electron chi connectivity index (χ2n) is 7.86. The highest BCUT2D eigenvalue weighted by molar-refractivity contribution is 5.98. The Morgan fingerprint density at radius 3 is 2.45 bits per heavy atom. The monoisotopic (exact) mass is 417 g/mol. The third kappa shape index (κ3) is 4.83. The number of amides is 1. The number of benzene rings is 2. The molecule has 31 heavy (non-hydrogen) atoms. The van der Waals surface area contributed by atoms with Crippen LogP contribution in [0.5, 0.6) is 5.75 Å². The molecule has 1 amide bonds. The molecule has 0 unspecified atom stereocenters. The van der Waals surface area contributed by atoms with Gasteiger partial charge in [0.2, 0.25) is 5.91 Å². The number of carbonyl (C=O) groups excluding carboxylic acids is 1. The predicted molar refractivity (Wildman–Crippen MR) is 122 cm³/mol. The van der Waals surface area contributed by atoms with Crippen LogP contribution in [0, 0.1) is 0 Å². The number of para-hydroxylation sites is 1. The van der Waals surface area contributed by atoms with Gasteiger partial charge in [0.1, 0.15) is 17.9 Å². The molecule has 1 saturated carbocycles. The van der Waals surface area contributed by atoms with Crippen LogP contribution in [0.15, 0.2) is 60.9 Å². The second-order valence-corrected chi connectivity index (χ2v) is 7.86. The zero-order chi connectivity index (χ0) is 21.7. The van der Waals surface area contributed by atoms with E-state index in [9.17, 15) is 4.79 Å². The van der Waals surface area contributed by atoms with Crippen LogP contribution in [0.2, 0.25) is 0 Å². The summed E-state index contributed by atoms with van der Waals surface area (Å²) in [7, 11) is 1.64. The number of hydrogen-bond donors (Lipinski definition) is 3. The second kappa shape index (κ2) is 9.14. The van der Waals surface area contributed by atoms with Crippen molar-refractivity contribution >= 4 is 23.1 Å². The van der Waals surface area contributed by atoms with Gasteiger partial charge in [0.25, 0.3) is 0 Å². The molecule has 1 aliphatic rings. The van der Waals surface area contributed by atoms with Gasteiger partial charge in [-0.2, -0.15) is 0 Å². The number of rotatable bonds is 6. The molecule has 0 saturated heterocycles. The number of methoxy groups -OCH3 is 1. The number of carbonyl (C=O) groups is 1. The lowest BCUT2D eigenvalue weighted by molar-refractivity contribution is -0.122. The van der Waals surface area contributed by atoms with E-state index in [4.69, 9.17) is 10.5 Å². The van der Waals surface area contributed by atoms with Crippen molar-refractivity contribution < 1.29 is 9.53 Å². The summed E-state index contributed by atoms with van der Waals surface area (Å²) in [5, 5.41) is 6.23. The summed E-state index contributed by atoms with van der Waals surface area (Å²) in [6.07, 6.45) is 6.14. The minimum Gasteiger partial charge on any atom is -0.496 e. The Morgan fingerprint density at radius 1 is 1.00 bits per heavy atom. The lowest BCUT2D eigenvalue weighted by Gasteiger charge is -2.31. The first-order chi connectivity index (χ1) is 15.1. The number of anilines is 3. The van der Waals surface area contributed by atoms with E-state index in [0.29, 0.717) is 5.82 Å². The van der Waals surface area contributed by atoms with E-state index in [0.717, 1.165) is 60.5 Å². The van der Waals surface area contributed by atoms with Crippen molar-refractivity contribution in [2.45, 2.75) is 37.6 Å². The number of hydrogen-bond acceptors (Lipinski definition) is 6. The van der Waals surface area contributed by atoms with Gasteiger partial charge in [-0.05, 0) is 49.2 Å². The van der Waals surface area contributed by atoms with Crippen LogP contribution in [-0.2, 0) is 4.79 Å². The maximum absolute atomic E-state index is 12.6. The number of nitrogens with two attached hydrogens (primary N) is 1. The lowest BCUT2D eigenvalue weighted by Crippen LogP contribution is -2.52. The van der Waals surface area contributed by atoms with Gasteiger partial charge in [0.15, 0.2) is 0 Å². The van der Waals surface area contributed by atoms with Crippen molar-refractivity contribution in [3.63, 3.8) is 0 Å². The first kappa shape index (κ1) is 20.8. The van der Waals surface area contributed by atoms with E-state index in [1.54, 1.807) is 7.11 Å². The average molecular weight is 418 g/mol. The minimum atomic E-state index is -0.759. The zero-order valence-electron chi connectivity index (χ0n) is 17.6. The number of nitrogens with one attached hydrogen (secondary N) is 2. The normalized spacial score (nSPS) is 15.2. The molecule has 4 N–H and O–H groups in total. The van der Waals surface area contributed by atoms with Crippen LogP contribution in [0.1, 0.15) is 32.1 Å². The molecule has 0 aliphatic heterocycles. The van der Waals surface area contributed by atoms with Gasteiger partial charge in [-0.15, -0.1) is 0 Å². The maximum atomic E-state index is 12.6. The van der Waals surface area contributed by atoms with Gasteiger partial charge in [-0.3, -0.25) is 4.79 Å². The molecule has 1 aliphatic carbocycles. The Morgan fingerprint density at radius 2 is 1.71 bits per heavy atom. The largest absolute Gasteiger partial charge is 0.496 e. The van der Waals surface area contributed by atoms with Crippen molar-refractivity contribution in [3.8, 4) is 17.0 Å². The molecule has 7 heteroatoms. The fraction of sp³-hybridized carbons (Fsp3) is 0.292. The summed E-state index contributed by atoms with van der Waals surface area (Å²) in [6, 6.07) is 17.1. The Labute approximate surface area is 182 Å². The van der Waals surface area contributed by atoms with Crippen LogP contribution in [0.4, 0.5) is 17.2 Å². The van der Waals surface area contributed by atoms with Crippen LogP contribution in [0.3, 0.4) is 0 Å². The summed E-state index contributed by atoms with van der Waals surface area (Å²) in [5.41, 5.74) is 8.79. The summed E-state index contributed by atoms with van der Waals surface area (Å²) in [4.78, 5) is 21.3. The van der Waals surface area contributed by atoms with Crippen LogP contribution in [-0.4, -0.2) is 28.5 Å². The zero-order valence-corrected chi connectivity index (χ0v) is 17.6. The van der Waals surface area contributed by atoms with E-state index >= 15 is 0 Å². The molecule has 0 radical (unpaired) electrons. The highest BCUT2D eigenvalue weighted by Gasteiger charge is 2.35. The molecule has 4 rings (SSSR count). The SMILES string of the molecule is COc1ccccc1-c1cc(Nc2ccc(NC(=O)C3(N)CCCCC3)cc2)ncn1. The summed E-state index contributed by atoms with van der Waals surface area (Å²) < 4.78 is 5.43. The molecule has 0 bridgehead atoms. The fourth-order valence-corrected chi connectivity index (χ4v) is 3.88. The van der Waals surface area contributed by atoms with E-state index in [2.05, 4.69) is 20.6 Å². The van der Waals surface area contributed by atoms with Gasteiger partial charge in [-0.25, -0.2) is 9.97 Å². The Kier molecular flexibility index (Phi) is 6.13. The molecule has 3 aromatic rings. The van der Waals surface area contributed by atoms with E-state index in [1.807, 2.05) is 54.6 Å². The van der Waals surface area contributed by atoms with Crippen molar-refractivity contribution in [1.29, 1.82) is 0 Å². The van der Waals surface area contributed by atoms with Gasteiger partial charge < -0.3 is 21.1 Å². The topological polar surface area (TPSA) is 102 Å². The predicted octanol–water partition coefficient (Wildman–Crippen LogP) is 4.50. The van der Waals surface area contributed by atoms with Gasteiger partial charge in [0, 0.05) is 23.0 Å². The van der Waals surface area contributed by atoms with Gasteiger partial charge >= 0.3 is 0 Å². The molecule has 1 aromatic heterocycles. The summed E-state index contributed by atoms with van der Waals surface area (Å²) in [6.45, 7) is 0. The highest BCUT2D eigenvalue weighted by atomic mass is 16.5. The Balaban J connectivity index is 1.44. The Bertz CT molecular complexity index is 1050. The van der Waals surface area contributed by atoms with Crippen LogP contribution < -0.4 is 21.1 Å². The third-order valence-electron chi connectivity index (χ3n) is 5.66. The summed E-state index contributed by atoms with van der Waals surface area (Å²) >= 11 is 0. The molecule has 2 aromatic carbocycles. The van der Waals surface area contributed by atoms with E-state index < -0.39 is 5.54 Å². The van der Waals surface area contributed by atoms with Crippen molar-refractivity contribution in [2.75, 3.05) is 17.7 Å². The standard InChI is InChI=1S/C24H27N5O2/c1-31-21-8-4-3-7-19(21)20-15-22(27-16-26-20)28-17-9-11-18(12-10-17)29-23(30)24(25)13-5-2-6-14-24/h3-4,7-12,15-16H,2,5-6,13-14,25H2,1H3,(H,29,30)(H,26,27,28).